The van der Waals surface area contributed by atoms with Gasteiger partial charge in [0.25, 0.3) is 0 Å². The van der Waals surface area contributed by atoms with Gasteiger partial charge in [-0.05, 0) is 43.3 Å². The molecule has 4 heterocycles. The summed E-state index contributed by atoms with van der Waals surface area (Å²) in [7, 11) is 0. The fraction of sp³-hybridized carbons (Fsp3) is 0.471. The Morgan fingerprint density at radius 2 is 2.33 bits per heavy atom. The van der Waals surface area contributed by atoms with Crippen molar-refractivity contribution in [2.75, 3.05) is 6.54 Å². The number of aromatic nitrogens is 4. The number of hydrogen-bond acceptors (Lipinski definition) is 6. The molecular formula is C17H21N5OS. The molecule has 0 aliphatic carbocycles. The summed E-state index contributed by atoms with van der Waals surface area (Å²) >= 11 is 1.64. The minimum Gasteiger partial charge on any atom is -0.338 e. The molecule has 6 nitrogen and oxygen atoms in total. The molecule has 24 heavy (non-hydrogen) atoms. The van der Waals surface area contributed by atoms with E-state index in [1.54, 1.807) is 11.3 Å². The first-order valence-corrected chi connectivity index (χ1v) is 9.30. The smallest absolute Gasteiger partial charge is 0.241 e. The third-order valence-corrected chi connectivity index (χ3v) is 5.18. The highest BCUT2D eigenvalue weighted by molar-refractivity contribution is 7.08. The topological polar surface area (TPSA) is 60.0 Å². The van der Waals surface area contributed by atoms with Gasteiger partial charge in [0.1, 0.15) is 0 Å². The molecule has 1 fully saturated rings. The van der Waals surface area contributed by atoms with Gasteiger partial charge in [-0.15, -0.1) is 0 Å². The molecule has 126 valence electrons. The third kappa shape index (κ3) is 3.42. The summed E-state index contributed by atoms with van der Waals surface area (Å²) in [4.78, 5) is 7.01. The van der Waals surface area contributed by atoms with Crippen molar-refractivity contribution >= 4 is 11.3 Å². The molecule has 0 radical (unpaired) electrons. The predicted octanol–water partition coefficient (Wildman–Crippen LogP) is 3.36. The molecule has 0 aromatic carbocycles. The van der Waals surface area contributed by atoms with Crippen LogP contribution in [-0.2, 0) is 13.1 Å². The minimum atomic E-state index is 0.467. The van der Waals surface area contributed by atoms with E-state index in [1.165, 1.54) is 24.8 Å². The van der Waals surface area contributed by atoms with E-state index in [0.29, 0.717) is 24.3 Å². The van der Waals surface area contributed by atoms with Crippen molar-refractivity contribution in [1.29, 1.82) is 0 Å². The zero-order valence-electron chi connectivity index (χ0n) is 13.8. The zero-order chi connectivity index (χ0) is 16.4. The molecule has 0 saturated carbocycles. The normalized spacial score (nSPS) is 19.0. The van der Waals surface area contributed by atoms with Crippen molar-refractivity contribution < 1.29 is 4.52 Å². The number of hydrogen-bond donors (Lipinski definition) is 0. The summed E-state index contributed by atoms with van der Waals surface area (Å²) in [6.45, 7) is 4.77. The van der Waals surface area contributed by atoms with Crippen LogP contribution in [0.4, 0.5) is 0 Å². The second-order valence-corrected chi connectivity index (χ2v) is 7.16. The van der Waals surface area contributed by atoms with Crippen LogP contribution in [0.15, 0.2) is 33.7 Å². The van der Waals surface area contributed by atoms with Gasteiger partial charge in [-0.1, -0.05) is 11.6 Å². The highest BCUT2D eigenvalue weighted by Gasteiger charge is 2.25. The van der Waals surface area contributed by atoms with Crippen molar-refractivity contribution in [2.45, 2.75) is 45.3 Å². The lowest BCUT2D eigenvalue weighted by Crippen LogP contribution is -2.41. The quantitative estimate of drug-likeness (QED) is 0.711. The van der Waals surface area contributed by atoms with E-state index in [1.807, 2.05) is 27.7 Å². The van der Waals surface area contributed by atoms with Crippen LogP contribution in [0.25, 0.3) is 11.4 Å². The fourth-order valence-corrected chi connectivity index (χ4v) is 3.89. The average Bonchev–Trinajstić information content (AvgIpc) is 3.31. The van der Waals surface area contributed by atoms with Gasteiger partial charge >= 0.3 is 0 Å². The van der Waals surface area contributed by atoms with Crippen molar-refractivity contribution in [3.05, 3.63) is 40.7 Å². The van der Waals surface area contributed by atoms with Crippen molar-refractivity contribution in [1.82, 2.24) is 24.8 Å². The average molecular weight is 343 g/mol. The van der Waals surface area contributed by atoms with Crippen molar-refractivity contribution in [3.63, 3.8) is 0 Å². The molecule has 3 aromatic rings. The Hall–Kier alpha value is -1.99. The molecule has 0 N–H and O–H groups in total. The van der Waals surface area contributed by atoms with E-state index in [4.69, 9.17) is 4.52 Å². The molecule has 3 aromatic heterocycles. The predicted molar refractivity (Wildman–Crippen MR) is 92.6 cm³/mol. The largest absolute Gasteiger partial charge is 0.338 e. The molecule has 0 bridgehead atoms. The molecule has 0 amide bonds. The maximum atomic E-state index is 5.47. The monoisotopic (exact) mass is 343 g/mol. The first-order chi connectivity index (χ1) is 11.8. The van der Waals surface area contributed by atoms with E-state index in [2.05, 4.69) is 33.3 Å². The lowest BCUT2D eigenvalue weighted by atomic mass is 10.0. The Bertz CT molecular complexity index is 779. The first kappa shape index (κ1) is 15.5. The molecule has 1 aliphatic rings. The van der Waals surface area contributed by atoms with Crippen molar-refractivity contribution in [2.24, 2.45) is 0 Å². The van der Waals surface area contributed by atoms with Gasteiger partial charge in [0, 0.05) is 23.2 Å². The Morgan fingerprint density at radius 1 is 1.38 bits per heavy atom. The second-order valence-electron chi connectivity index (χ2n) is 6.38. The van der Waals surface area contributed by atoms with Crippen LogP contribution in [0.2, 0.25) is 0 Å². The molecule has 1 atom stereocenters. The Kier molecular flexibility index (Phi) is 4.44. The standard InChI is InChI=1S/C17H21N5OS/c1-13-8-18-22(9-13)10-15-4-2-3-6-21(15)11-16-19-17(20-23-16)14-5-7-24-12-14/h5,7-9,12,15H,2-4,6,10-11H2,1H3/t15-/m0/s1. The van der Waals surface area contributed by atoms with Crippen LogP contribution >= 0.6 is 11.3 Å². The molecule has 1 aliphatic heterocycles. The molecular weight excluding hydrogens is 322 g/mol. The van der Waals surface area contributed by atoms with Gasteiger partial charge in [0.15, 0.2) is 0 Å². The molecule has 4 rings (SSSR count). The zero-order valence-corrected chi connectivity index (χ0v) is 14.6. The Morgan fingerprint density at radius 3 is 3.12 bits per heavy atom. The number of likely N-dealkylation sites (tertiary alicyclic amines) is 1. The summed E-state index contributed by atoms with van der Waals surface area (Å²) in [6, 6.07) is 2.48. The number of aryl methyl sites for hydroxylation is 1. The van der Waals surface area contributed by atoms with E-state index < -0.39 is 0 Å². The highest BCUT2D eigenvalue weighted by atomic mass is 32.1. The maximum absolute atomic E-state index is 5.47. The van der Waals surface area contributed by atoms with Crippen LogP contribution in [0.5, 0.6) is 0 Å². The number of rotatable bonds is 5. The van der Waals surface area contributed by atoms with E-state index in [9.17, 15) is 0 Å². The first-order valence-electron chi connectivity index (χ1n) is 8.36. The molecule has 0 spiro atoms. The minimum absolute atomic E-state index is 0.467. The number of nitrogens with zero attached hydrogens (tertiary/aromatic N) is 5. The molecule has 0 unspecified atom stereocenters. The van der Waals surface area contributed by atoms with Crippen molar-refractivity contribution in [3.8, 4) is 11.4 Å². The van der Waals surface area contributed by atoms with Gasteiger partial charge in [-0.2, -0.15) is 21.4 Å². The van der Waals surface area contributed by atoms with Gasteiger partial charge in [0.2, 0.25) is 11.7 Å². The molecule has 1 saturated heterocycles. The second kappa shape index (κ2) is 6.86. The van der Waals surface area contributed by atoms with Gasteiger partial charge in [-0.25, -0.2) is 0 Å². The van der Waals surface area contributed by atoms with Crippen LogP contribution < -0.4 is 0 Å². The Labute approximate surface area is 145 Å². The van der Waals surface area contributed by atoms with Crippen LogP contribution in [0, 0.1) is 6.92 Å². The highest BCUT2D eigenvalue weighted by Crippen LogP contribution is 2.23. The number of piperidine rings is 1. The van der Waals surface area contributed by atoms with Crippen LogP contribution in [0.3, 0.4) is 0 Å². The fourth-order valence-electron chi connectivity index (χ4n) is 3.26. The summed E-state index contributed by atoms with van der Waals surface area (Å²) in [5, 5.41) is 12.6. The summed E-state index contributed by atoms with van der Waals surface area (Å²) in [5.74, 6) is 1.38. The van der Waals surface area contributed by atoms with E-state index in [-0.39, 0.29) is 0 Å². The Balaban J connectivity index is 1.45. The lowest BCUT2D eigenvalue weighted by Gasteiger charge is -2.34. The summed E-state index contributed by atoms with van der Waals surface area (Å²) in [6.07, 6.45) is 7.70. The summed E-state index contributed by atoms with van der Waals surface area (Å²) < 4.78 is 7.52. The van der Waals surface area contributed by atoms with Gasteiger partial charge in [-0.3, -0.25) is 9.58 Å². The van der Waals surface area contributed by atoms with Crippen LogP contribution in [-0.4, -0.2) is 37.4 Å². The van der Waals surface area contributed by atoms with Gasteiger partial charge in [0.05, 0.1) is 19.3 Å². The lowest BCUT2D eigenvalue weighted by molar-refractivity contribution is 0.108. The maximum Gasteiger partial charge on any atom is 0.241 e. The third-order valence-electron chi connectivity index (χ3n) is 4.50. The van der Waals surface area contributed by atoms with E-state index in [0.717, 1.165) is 18.7 Å². The molecule has 7 heteroatoms. The van der Waals surface area contributed by atoms with Crippen LogP contribution in [0.1, 0.15) is 30.7 Å². The summed E-state index contributed by atoms with van der Waals surface area (Å²) in [5.41, 5.74) is 2.23. The van der Waals surface area contributed by atoms with Gasteiger partial charge < -0.3 is 4.52 Å². The number of thiophene rings is 1. The van der Waals surface area contributed by atoms with E-state index >= 15 is 0 Å². The SMILES string of the molecule is Cc1cnn(C[C@@H]2CCCCN2Cc2nc(-c3ccsc3)no2)c1.